The van der Waals surface area contributed by atoms with Crippen molar-refractivity contribution in [3.05, 3.63) is 52.2 Å². The molecule has 2 fully saturated rings. The van der Waals surface area contributed by atoms with Crippen LogP contribution in [0.1, 0.15) is 41.2 Å². The molecule has 2 aromatic heterocycles. The lowest BCUT2D eigenvalue weighted by atomic mass is 9.83. The van der Waals surface area contributed by atoms with Crippen LogP contribution in [0.3, 0.4) is 0 Å². The minimum atomic E-state index is -0.151. The first kappa shape index (κ1) is 20.5. The van der Waals surface area contributed by atoms with Crippen molar-refractivity contribution in [1.29, 1.82) is 0 Å². The molecule has 3 aliphatic rings. The molecule has 5 rings (SSSR count). The monoisotopic (exact) mass is 425 g/mol. The van der Waals surface area contributed by atoms with Gasteiger partial charge in [0.2, 0.25) is 0 Å². The summed E-state index contributed by atoms with van der Waals surface area (Å²) in [6, 6.07) is 5.75. The molecular formula is C23H31N5O3. The Morgan fingerprint density at radius 1 is 1.13 bits per heavy atom. The fourth-order valence-corrected chi connectivity index (χ4v) is 5.40. The molecule has 0 saturated carbocycles. The van der Waals surface area contributed by atoms with Gasteiger partial charge in [0.05, 0.1) is 6.61 Å². The van der Waals surface area contributed by atoms with Crippen LogP contribution in [0.15, 0.2) is 35.4 Å². The van der Waals surface area contributed by atoms with Crippen molar-refractivity contribution in [2.24, 2.45) is 5.92 Å². The first-order chi connectivity index (χ1) is 15.2. The Labute approximate surface area is 182 Å². The zero-order chi connectivity index (χ0) is 21.2. The van der Waals surface area contributed by atoms with Crippen LogP contribution in [0.25, 0.3) is 0 Å². The molecule has 3 aliphatic heterocycles. The normalized spacial score (nSPS) is 23.9. The van der Waals surface area contributed by atoms with Crippen molar-refractivity contribution in [2.45, 2.75) is 38.3 Å². The third kappa shape index (κ3) is 4.32. The molecule has 1 amide bonds. The molecule has 2 bridgehead atoms. The van der Waals surface area contributed by atoms with Gasteiger partial charge in [-0.05, 0) is 49.9 Å². The molecule has 8 nitrogen and oxygen atoms in total. The predicted molar refractivity (Wildman–Crippen MR) is 116 cm³/mol. The largest absolute Gasteiger partial charge is 0.380 e. The molecule has 31 heavy (non-hydrogen) atoms. The van der Waals surface area contributed by atoms with Crippen LogP contribution in [-0.2, 0) is 17.8 Å². The van der Waals surface area contributed by atoms with Gasteiger partial charge >= 0.3 is 0 Å². The van der Waals surface area contributed by atoms with Crippen LogP contribution in [0.5, 0.6) is 0 Å². The quantitative estimate of drug-likeness (QED) is 0.725. The number of amides is 1. The number of ether oxygens (including phenoxy) is 1. The zero-order valence-electron chi connectivity index (χ0n) is 18.0. The number of carbonyl (C=O) groups is 1. The number of hydrogen-bond donors (Lipinski definition) is 0. The van der Waals surface area contributed by atoms with E-state index < -0.39 is 0 Å². The molecule has 8 heteroatoms. The van der Waals surface area contributed by atoms with E-state index in [-0.39, 0.29) is 11.5 Å². The van der Waals surface area contributed by atoms with Crippen molar-refractivity contribution < 1.29 is 9.53 Å². The molecule has 2 saturated heterocycles. The van der Waals surface area contributed by atoms with E-state index in [1.165, 1.54) is 0 Å². The second-order valence-corrected chi connectivity index (χ2v) is 9.03. The van der Waals surface area contributed by atoms with E-state index in [4.69, 9.17) is 4.74 Å². The van der Waals surface area contributed by atoms with Gasteiger partial charge in [-0.15, -0.1) is 0 Å². The molecule has 5 heterocycles. The molecule has 0 unspecified atom stereocenters. The van der Waals surface area contributed by atoms with Gasteiger partial charge in [-0.3, -0.25) is 14.3 Å². The molecule has 0 spiro atoms. The SMILES string of the molecule is O=C(c1ccc2n(c1=O)C[C@H]1C[C@@H]2CN(CCCn2cccn2)C1)N1CCCOCC1. The summed E-state index contributed by atoms with van der Waals surface area (Å²) in [5.41, 5.74) is 1.28. The fourth-order valence-electron chi connectivity index (χ4n) is 5.40. The summed E-state index contributed by atoms with van der Waals surface area (Å²) in [4.78, 5) is 30.6. The highest BCUT2D eigenvalue weighted by Gasteiger charge is 2.35. The first-order valence-corrected chi connectivity index (χ1v) is 11.5. The summed E-state index contributed by atoms with van der Waals surface area (Å²) in [5, 5.41) is 4.28. The van der Waals surface area contributed by atoms with E-state index in [9.17, 15) is 9.59 Å². The number of nitrogens with zero attached hydrogens (tertiary/aromatic N) is 5. The Kier molecular flexibility index (Phi) is 5.91. The maximum atomic E-state index is 13.3. The van der Waals surface area contributed by atoms with Gasteiger partial charge in [-0.2, -0.15) is 5.10 Å². The number of pyridine rings is 1. The molecular weight excluding hydrogens is 394 g/mol. The lowest BCUT2D eigenvalue weighted by molar-refractivity contribution is 0.0736. The Morgan fingerprint density at radius 2 is 2.06 bits per heavy atom. The van der Waals surface area contributed by atoms with E-state index in [1.807, 2.05) is 33.8 Å². The van der Waals surface area contributed by atoms with E-state index in [1.54, 1.807) is 11.0 Å². The average molecular weight is 426 g/mol. The summed E-state index contributed by atoms with van der Waals surface area (Å²) in [5.74, 6) is 0.674. The van der Waals surface area contributed by atoms with Gasteiger partial charge in [-0.25, -0.2) is 0 Å². The van der Waals surface area contributed by atoms with E-state index in [0.717, 1.165) is 51.1 Å². The number of carbonyl (C=O) groups excluding carboxylic acids is 1. The Balaban J connectivity index is 1.28. The van der Waals surface area contributed by atoms with Gasteiger partial charge in [0, 0.05) is 69.9 Å². The third-order valence-corrected chi connectivity index (χ3v) is 6.84. The fraction of sp³-hybridized carbons (Fsp3) is 0.609. The summed E-state index contributed by atoms with van der Waals surface area (Å²) < 4.78 is 9.33. The van der Waals surface area contributed by atoms with Gasteiger partial charge in [-0.1, -0.05) is 0 Å². The van der Waals surface area contributed by atoms with Crippen LogP contribution in [0, 0.1) is 5.92 Å². The highest BCUT2D eigenvalue weighted by molar-refractivity contribution is 5.94. The molecule has 0 radical (unpaired) electrons. The lowest BCUT2D eigenvalue weighted by Crippen LogP contribution is -2.48. The Hall–Kier alpha value is -2.45. The standard InChI is InChI=1S/C23H31N5O3/c29-22(26-8-3-12-31-13-11-26)20-4-5-21-19-14-18(16-28(21)23(20)30)15-25(17-19)7-2-10-27-9-1-6-24-27/h1,4-6,9,18-19H,2-3,7-8,10-17H2/t18-,19+/m0/s1. The number of aryl methyl sites for hydroxylation is 1. The van der Waals surface area contributed by atoms with E-state index in [0.29, 0.717) is 50.2 Å². The molecule has 0 aromatic carbocycles. The minimum absolute atomic E-state index is 0.116. The molecule has 2 aromatic rings. The molecule has 0 aliphatic carbocycles. The lowest BCUT2D eigenvalue weighted by Gasteiger charge is -2.43. The van der Waals surface area contributed by atoms with Crippen LogP contribution in [-0.4, -0.2) is 76.0 Å². The summed E-state index contributed by atoms with van der Waals surface area (Å²) in [7, 11) is 0. The number of aromatic nitrogens is 3. The minimum Gasteiger partial charge on any atom is -0.380 e. The van der Waals surface area contributed by atoms with Gasteiger partial charge < -0.3 is 19.1 Å². The number of rotatable bonds is 5. The number of fused-ring (bicyclic) bond motifs is 4. The Bertz CT molecular complexity index is 962. The Morgan fingerprint density at radius 3 is 2.94 bits per heavy atom. The van der Waals surface area contributed by atoms with Gasteiger partial charge in [0.25, 0.3) is 11.5 Å². The number of hydrogen-bond acceptors (Lipinski definition) is 5. The van der Waals surface area contributed by atoms with Crippen molar-refractivity contribution in [2.75, 3.05) is 45.9 Å². The third-order valence-electron chi connectivity index (χ3n) is 6.84. The average Bonchev–Trinajstić information content (AvgIpc) is 3.14. The topological polar surface area (TPSA) is 72.6 Å². The summed E-state index contributed by atoms with van der Waals surface area (Å²) in [6.07, 6.45) is 6.84. The van der Waals surface area contributed by atoms with Crippen LogP contribution in [0.4, 0.5) is 0 Å². The first-order valence-electron chi connectivity index (χ1n) is 11.5. The van der Waals surface area contributed by atoms with E-state index >= 15 is 0 Å². The number of likely N-dealkylation sites (tertiary alicyclic amines) is 1. The second kappa shape index (κ2) is 8.96. The van der Waals surface area contributed by atoms with Gasteiger partial charge in [0.1, 0.15) is 5.56 Å². The van der Waals surface area contributed by atoms with Crippen molar-refractivity contribution in [3.8, 4) is 0 Å². The van der Waals surface area contributed by atoms with Gasteiger partial charge in [0.15, 0.2) is 0 Å². The maximum Gasteiger partial charge on any atom is 0.263 e. The zero-order valence-corrected chi connectivity index (χ0v) is 18.0. The van der Waals surface area contributed by atoms with Crippen molar-refractivity contribution in [3.63, 3.8) is 0 Å². The van der Waals surface area contributed by atoms with E-state index in [2.05, 4.69) is 10.00 Å². The van der Waals surface area contributed by atoms with Crippen LogP contribution < -0.4 is 5.56 Å². The molecule has 2 atom stereocenters. The smallest absolute Gasteiger partial charge is 0.263 e. The molecule has 166 valence electrons. The van der Waals surface area contributed by atoms with Crippen LogP contribution >= 0.6 is 0 Å². The number of piperidine rings is 1. The summed E-state index contributed by atoms with van der Waals surface area (Å²) in [6.45, 7) is 7.11. The predicted octanol–water partition coefficient (Wildman–Crippen LogP) is 1.42. The maximum absolute atomic E-state index is 13.3. The second-order valence-electron chi connectivity index (χ2n) is 9.03. The highest BCUT2D eigenvalue weighted by atomic mass is 16.5. The van der Waals surface area contributed by atoms with Crippen molar-refractivity contribution in [1.82, 2.24) is 24.1 Å². The summed E-state index contributed by atoms with van der Waals surface area (Å²) >= 11 is 0. The highest BCUT2D eigenvalue weighted by Crippen LogP contribution is 2.35. The molecule has 0 N–H and O–H groups in total. The van der Waals surface area contributed by atoms with Crippen molar-refractivity contribution >= 4 is 5.91 Å². The van der Waals surface area contributed by atoms with Crippen LogP contribution in [0.2, 0.25) is 0 Å².